The zero-order chi connectivity index (χ0) is 18.2. The molecule has 1 N–H and O–H groups in total. The molecule has 0 spiro atoms. The fourth-order valence-corrected chi connectivity index (χ4v) is 2.23. The standard InChI is InChI=1S/C18H17ClN2O4/c1-2-11-25-17-6-4-3-5-13(17)7-10-18(22)20-14-8-9-15(19)16(12-14)21(23)24/h3-10,12H,2,11H2,1H3,(H,20,22)/b10-7+. The summed E-state index contributed by atoms with van der Waals surface area (Å²) < 4.78 is 5.62. The molecule has 6 nitrogen and oxygen atoms in total. The zero-order valence-electron chi connectivity index (χ0n) is 13.6. The van der Waals surface area contributed by atoms with Gasteiger partial charge in [-0.3, -0.25) is 14.9 Å². The summed E-state index contributed by atoms with van der Waals surface area (Å²) in [5, 5.41) is 13.5. The minimum absolute atomic E-state index is 0.0144. The second-order valence-electron chi connectivity index (χ2n) is 5.13. The maximum atomic E-state index is 12.0. The second kappa shape index (κ2) is 8.84. The highest BCUT2D eigenvalue weighted by Gasteiger charge is 2.13. The Kier molecular flexibility index (Phi) is 6.54. The van der Waals surface area contributed by atoms with Crippen LogP contribution in [-0.2, 0) is 4.79 Å². The lowest BCUT2D eigenvalue weighted by atomic mass is 10.2. The van der Waals surface area contributed by atoms with E-state index in [1.807, 2.05) is 31.2 Å². The van der Waals surface area contributed by atoms with Crippen molar-refractivity contribution in [3.05, 3.63) is 69.2 Å². The van der Waals surface area contributed by atoms with Crippen LogP contribution in [0.15, 0.2) is 48.5 Å². The molecule has 0 fully saturated rings. The first-order valence-corrected chi connectivity index (χ1v) is 8.04. The van der Waals surface area contributed by atoms with Gasteiger partial charge in [-0.05, 0) is 30.7 Å². The largest absolute Gasteiger partial charge is 0.493 e. The van der Waals surface area contributed by atoms with E-state index < -0.39 is 10.8 Å². The van der Waals surface area contributed by atoms with Gasteiger partial charge in [-0.2, -0.15) is 0 Å². The summed E-state index contributed by atoms with van der Waals surface area (Å²) in [7, 11) is 0. The Morgan fingerprint density at radius 1 is 1.32 bits per heavy atom. The van der Waals surface area contributed by atoms with Crippen molar-refractivity contribution in [1.82, 2.24) is 0 Å². The Morgan fingerprint density at radius 2 is 2.08 bits per heavy atom. The van der Waals surface area contributed by atoms with Gasteiger partial charge in [0, 0.05) is 23.4 Å². The number of hydrogen-bond acceptors (Lipinski definition) is 4. The molecule has 130 valence electrons. The number of carbonyl (C=O) groups is 1. The average molecular weight is 361 g/mol. The smallest absolute Gasteiger partial charge is 0.289 e. The fraction of sp³-hybridized carbons (Fsp3) is 0.167. The molecule has 0 saturated heterocycles. The van der Waals surface area contributed by atoms with Gasteiger partial charge in [0.05, 0.1) is 11.5 Å². The molecular weight excluding hydrogens is 344 g/mol. The molecule has 0 aromatic heterocycles. The van der Waals surface area contributed by atoms with Crippen molar-refractivity contribution >= 4 is 35.0 Å². The number of anilines is 1. The van der Waals surface area contributed by atoms with Crippen LogP contribution in [-0.4, -0.2) is 17.4 Å². The third kappa shape index (κ3) is 5.32. The molecule has 7 heteroatoms. The van der Waals surface area contributed by atoms with Crippen LogP contribution in [0.1, 0.15) is 18.9 Å². The fourth-order valence-electron chi connectivity index (χ4n) is 2.04. The number of halogens is 1. The second-order valence-corrected chi connectivity index (χ2v) is 5.54. The molecule has 0 aliphatic heterocycles. The van der Waals surface area contributed by atoms with E-state index in [2.05, 4.69) is 5.32 Å². The lowest BCUT2D eigenvalue weighted by Gasteiger charge is -2.07. The zero-order valence-corrected chi connectivity index (χ0v) is 14.3. The molecule has 0 atom stereocenters. The van der Waals surface area contributed by atoms with E-state index >= 15 is 0 Å². The van der Waals surface area contributed by atoms with E-state index in [0.717, 1.165) is 12.0 Å². The maximum absolute atomic E-state index is 12.0. The Balaban J connectivity index is 2.09. The number of nitro groups is 1. The molecule has 25 heavy (non-hydrogen) atoms. The monoisotopic (exact) mass is 360 g/mol. The molecule has 1 amide bonds. The Labute approximate surface area is 150 Å². The van der Waals surface area contributed by atoms with Gasteiger partial charge in [0.2, 0.25) is 5.91 Å². The summed E-state index contributed by atoms with van der Waals surface area (Å²) in [6, 6.07) is 11.4. The van der Waals surface area contributed by atoms with Crippen molar-refractivity contribution in [3.8, 4) is 5.75 Å². The van der Waals surface area contributed by atoms with Crippen LogP contribution in [0.3, 0.4) is 0 Å². The number of nitrogens with zero attached hydrogens (tertiary/aromatic N) is 1. The number of benzene rings is 2. The molecule has 0 saturated carbocycles. The molecule has 0 radical (unpaired) electrons. The first kappa shape index (κ1) is 18.5. The van der Waals surface area contributed by atoms with Crippen LogP contribution in [0.5, 0.6) is 5.75 Å². The van der Waals surface area contributed by atoms with Crippen LogP contribution in [0, 0.1) is 10.1 Å². The minimum atomic E-state index is -0.602. The molecule has 0 heterocycles. The van der Waals surface area contributed by atoms with Crippen LogP contribution >= 0.6 is 11.6 Å². The van der Waals surface area contributed by atoms with Crippen LogP contribution in [0.25, 0.3) is 6.08 Å². The van der Waals surface area contributed by atoms with Crippen LogP contribution < -0.4 is 10.1 Å². The summed E-state index contributed by atoms with van der Waals surface area (Å²) in [6.45, 7) is 2.60. The number of ether oxygens (including phenoxy) is 1. The van der Waals surface area contributed by atoms with Gasteiger partial charge in [0.25, 0.3) is 5.69 Å². The number of carbonyl (C=O) groups excluding carboxylic acids is 1. The van der Waals surface area contributed by atoms with Crippen LogP contribution in [0.2, 0.25) is 5.02 Å². The number of nitro benzene ring substituents is 1. The number of para-hydroxylation sites is 1. The topological polar surface area (TPSA) is 81.5 Å². The highest BCUT2D eigenvalue weighted by atomic mass is 35.5. The summed E-state index contributed by atoms with van der Waals surface area (Å²) in [4.78, 5) is 22.3. The molecule has 2 aromatic rings. The first-order valence-electron chi connectivity index (χ1n) is 7.66. The average Bonchev–Trinajstić information content (AvgIpc) is 2.60. The van der Waals surface area contributed by atoms with Crippen LogP contribution in [0.4, 0.5) is 11.4 Å². The summed E-state index contributed by atoms with van der Waals surface area (Å²) in [5.41, 5.74) is 0.802. The highest BCUT2D eigenvalue weighted by molar-refractivity contribution is 6.32. The van der Waals surface area contributed by atoms with Gasteiger partial charge in [-0.1, -0.05) is 36.7 Å². The van der Waals surface area contributed by atoms with E-state index in [4.69, 9.17) is 16.3 Å². The lowest BCUT2D eigenvalue weighted by Crippen LogP contribution is -2.08. The van der Waals surface area contributed by atoms with Crippen molar-refractivity contribution in [2.45, 2.75) is 13.3 Å². The number of amides is 1. The van der Waals surface area contributed by atoms with Gasteiger partial charge in [0.1, 0.15) is 10.8 Å². The predicted molar refractivity (Wildman–Crippen MR) is 98.0 cm³/mol. The highest BCUT2D eigenvalue weighted by Crippen LogP contribution is 2.27. The first-order chi connectivity index (χ1) is 12.0. The van der Waals surface area contributed by atoms with Crippen molar-refractivity contribution in [2.24, 2.45) is 0 Å². The Bertz CT molecular complexity index is 805. The molecule has 0 bridgehead atoms. The number of hydrogen-bond donors (Lipinski definition) is 1. The minimum Gasteiger partial charge on any atom is -0.493 e. The van der Waals surface area contributed by atoms with Gasteiger partial charge < -0.3 is 10.1 Å². The SMILES string of the molecule is CCCOc1ccccc1/C=C/C(=O)Nc1ccc(Cl)c([N+](=O)[O-])c1. The van der Waals surface area contributed by atoms with Gasteiger partial charge >= 0.3 is 0 Å². The van der Waals surface area contributed by atoms with Gasteiger partial charge in [0.15, 0.2) is 0 Å². The van der Waals surface area contributed by atoms with E-state index in [1.54, 1.807) is 6.08 Å². The summed E-state index contributed by atoms with van der Waals surface area (Å²) >= 11 is 5.75. The van der Waals surface area contributed by atoms with E-state index in [9.17, 15) is 14.9 Å². The third-order valence-corrected chi connectivity index (χ3v) is 3.52. The normalized spacial score (nSPS) is 10.6. The summed E-state index contributed by atoms with van der Waals surface area (Å²) in [5.74, 6) is 0.275. The van der Waals surface area contributed by atoms with E-state index in [0.29, 0.717) is 18.0 Å². The van der Waals surface area contributed by atoms with Crippen molar-refractivity contribution in [3.63, 3.8) is 0 Å². The quantitative estimate of drug-likeness (QED) is 0.441. The molecule has 0 unspecified atom stereocenters. The Hall–Kier alpha value is -2.86. The molecule has 0 aliphatic rings. The van der Waals surface area contributed by atoms with Gasteiger partial charge in [-0.25, -0.2) is 0 Å². The molecular formula is C18H17ClN2O4. The van der Waals surface area contributed by atoms with Crippen molar-refractivity contribution in [1.29, 1.82) is 0 Å². The molecule has 2 aromatic carbocycles. The number of rotatable bonds is 7. The van der Waals surface area contributed by atoms with Crippen molar-refractivity contribution < 1.29 is 14.5 Å². The van der Waals surface area contributed by atoms with Crippen molar-refractivity contribution in [2.75, 3.05) is 11.9 Å². The molecule has 2 rings (SSSR count). The van der Waals surface area contributed by atoms with E-state index in [1.165, 1.54) is 24.3 Å². The predicted octanol–water partition coefficient (Wildman–Crippen LogP) is 4.69. The molecule has 0 aliphatic carbocycles. The maximum Gasteiger partial charge on any atom is 0.289 e. The lowest BCUT2D eigenvalue weighted by molar-refractivity contribution is -0.384. The summed E-state index contributed by atoms with van der Waals surface area (Å²) in [6.07, 6.45) is 3.85. The van der Waals surface area contributed by atoms with E-state index in [-0.39, 0.29) is 10.7 Å². The van der Waals surface area contributed by atoms with Gasteiger partial charge in [-0.15, -0.1) is 0 Å². The third-order valence-electron chi connectivity index (χ3n) is 3.21. The number of nitrogens with one attached hydrogen (secondary N) is 1. The Morgan fingerprint density at radius 3 is 2.80 bits per heavy atom.